The van der Waals surface area contributed by atoms with Gasteiger partial charge in [-0.05, 0) is 56.7 Å². The van der Waals surface area contributed by atoms with Gasteiger partial charge in [0.05, 0.1) is 12.2 Å². The predicted octanol–water partition coefficient (Wildman–Crippen LogP) is 6.86. The van der Waals surface area contributed by atoms with Crippen molar-refractivity contribution in [3.8, 4) is 5.75 Å². The van der Waals surface area contributed by atoms with Crippen LogP contribution in [-0.2, 0) is 16.0 Å². The third-order valence-electron chi connectivity index (χ3n) is 5.38. The third-order valence-corrected chi connectivity index (χ3v) is 5.38. The highest BCUT2D eigenvalue weighted by molar-refractivity contribution is 5.27. The summed E-state index contributed by atoms with van der Waals surface area (Å²) in [5.41, 5.74) is 4.43. The van der Waals surface area contributed by atoms with Crippen molar-refractivity contribution in [2.45, 2.75) is 111 Å². The van der Waals surface area contributed by atoms with E-state index in [0.717, 1.165) is 31.6 Å². The van der Waals surface area contributed by atoms with E-state index in [1.165, 1.54) is 56.9 Å². The highest BCUT2D eigenvalue weighted by Gasteiger charge is 2.09. The van der Waals surface area contributed by atoms with Gasteiger partial charge in [-0.25, -0.2) is 5.48 Å². The molecule has 4 heteroatoms. The smallest absolute Gasteiger partial charge is 0.119 e. The standard InChI is InChI=1S/C26H47NO3/c1-5-8-9-10-11-12-13-14-24-15-17-26(18-16-24)29-22-23(4)28-21-19-25(7-3)30-27-20-6-2/h15-18,23,25,27H,5-14,19-22H2,1-4H3. The number of rotatable bonds is 20. The van der Waals surface area contributed by atoms with Crippen LogP contribution in [0.2, 0.25) is 0 Å². The van der Waals surface area contributed by atoms with Gasteiger partial charge < -0.3 is 9.47 Å². The maximum atomic E-state index is 5.90. The van der Waals surface area contributed by atoms with Crippen LogP contribution >= 0.6 is 0 Å². The zero-order valence-corrected chi connectivity index (χ0v) is 20.1. The largest absolute Gasteiger partial charge is 0.491 e. The molecular weight excluding hydrogens is 374 g/mol. The van der Waals surface area contributed by atoms with Crippen LogP contribution in [0.15, 0.2) is 24.3 Å². The van der Waals surface area contributed by atoms with Gasteiger partial charge in [0, 0.05) is 13.2 Å². The lowest BCUT2D eigenvalue weighted by atomic mass is 10.0. The summed E-state index contributed by atoms with van der Waals surface area (Å²) in [6, 6.07) is 8.57. The van der Waals surface area contributed by atoms with Crippen molar-refractivity contribution in [3.63, 3.8) is 0 Å². The van der Waals surface area contributed by atoms with Crippen molar-refractivity contribution in [1.82, 2.24) is 5.48 Å². The van der Waals surface area contributed by atoms with E-state index in [2.05, 4.69) is 57.4 Å². The van der Waals surface area contributed by atoms with Crippen LogP contribution in [-0.4, -0.2) is 32.0 Å². The van der Waals surface area contributed by atoms with E-state index in [1.807, 2.05) is 0 Å². The van der Waals surface area contributed by atoms with Crippen LogP contribution < -0.4 is 10.2 Å². The van der Waals surface area contributed by atoms with Crippen LogP contribution in [0, 0.1) is 0 Å². The number of hydrogen-bond donors (Lipinski definition) is 1. The van der Waals surface area contributed by atoms with Crippen LogP contribution in [0.3, 0.4) is 0 Å². The minimum absolute atomic E-state index is 0.0680. The lowest BCUT2D eigenvalue weighted by molar-refractivity contribution is -0.0520. The molecule has 1 rings (SSSR count). The van der Waals surface area contributed by atoms with Crippen molar-refractivity contribution in [3.05, 3.63) is 29.8 Å². The van der Waals surface area contributed by atoms with E-state index in [4.69, 9.17) is 14.3 Å². The molecule has 0 saturated heterocycles. The zero-order chi connectivity index (χ0) is 21.9. The predicted molar refractivity (Wildman–Crippen MR) is 127 cm³/mol. The van der Waals surface area contributed by atoms with E-state index < -0.39 is 0 Å². The molecule has 2 atom stereocenters. The molecule has 0 amide bonds. The molecule has 1 N–H and O–H groups in total. The summed E-state index contributed by atoms with van der Waals surface area (Å²) in [5.74, 6) is 0.923. The summed E-state index contributed by atoms with van der Waals surface area (Å²) in [4.78, 5) is 5.65. The molecule has 0 aliphatic rings. The van der Waals surface area contributed by atoms with Crippen molar-refractivity contribution in [2.75, 3.05) is 19.8 Å². The number of benzene rings is 1. The molecule has 2 unspecified atom stereocenters. The summed E-state index contributed by atoms with van der Waals surface area (Å²) < 4.78 is 11.8. The highest BCUT2D eigenvalue weighted by atomic mass is 16.7. The summed E-state index contributed by atoms with van der Waals surface area (Å²) in [6.45, 7) is 10.8. The van der Waals surface area contributed by atoms with E-state index in [-0.39, 0.29) is 12.2 Å². The van der Waals surface area contributed by atoms with Crippen molar-refractivity contribution in [1.29, 1.82) is 0 Å². The van der Waals surface area contributed by atoms with Gasteiger partial charge in [-0.1, -0.05) is 71.4 Å². The van der Waals surface area contributed by atoms with Crippen LogP contribution in [0.25, 0.3) is 0 Å². The molecule has 174 valence electrons. The fourth-order valence-corrected chi connectivity index (χ4v) is 3.33. The van der Waals surface area contributed by atoms with Gasteiger partial charge in [0.15, 0.2) is 0 Å². The van der Waals surface area contributed by atoms with Crippen LogP contribution in [0.1, 0.15) is 97.5 Å². The number of hydroxylamine groups is 1. The number of nitrogens with one attached hydrogen (secondary N) is 1. The molecule has 0 aliphatic carbocycles. The van der Waals surface area contributed by atoms with Gasteiger partial charge in [-0.2, -0.15) is 0 Å². The maximum Gasteiger partial charge on any atom is 0.119 e. The fraction of sp³-hybridized carbons (Fsp3) is 0.769. The minimum Gasteiger partial charge on any atom is -0.491 e. The Labute approximate surface area is 186 Å². The SMILES string of the molecule is CCCCCCCCCc1ccc(OCC(C)OCCC(CC)ONCCC)cc1. The van der Waals surface area contributed by atoms with Crippen LogP contribution in [0.5, 0.6) is 5.75 Å². The average molecular weight is 422 g/mol. The monoisotopic (exact) mass is 421 g/mol. The Morgan fingerprint density at radius 2 is 1.57 bits per heavy atom. The molecule has 0 fully saturated rings. The summed E-state index contributed by atoms with van der Waals surface area (Å²) in [6.07, 6.45) is 13.9. The second kappa shape index (κ2) is 18.7. The molecule has 0 saturated carbocycles. The van der Waals surface area contributed by atoms with Gasteiger partial charge in [0.25, 0.3) is 0 Å². The van der Waals surface area contributed by atoms with Crippen LogP contribution in [0.4, 0.5) is 0 Å². The Morgan fingerprint density at radius 1 is 0.867 bits per heavy atom. The molecule has 1 aromatic rings. The van der Waals surface area contributed by atoms with E-state index in [0.29, 0.717) is 13.2 Å². The highest BCUT2D eigenvalue weighted by Crippen LogP contribution is 2.16. The van der Waals surface area contributed by atoms with Gasteiger partial charge in [-0.3, -0.25) is 4.84 Å². The number of hydrogen-bond acceptors (Lipinski definition) is 4. The number of aryl methyl sites for hydroxylation is 1. The molecule has 0 aromatic heterocycles. The summed E-state index contributed by atoms with van der Waals surface area (Å²) >= 11 is 0. The second-order valence-electron chi connectivity index (χ2n) is 8.34. The Morgan fingerprint density at radius 3 is 2.23 bits per heavy atom. The number of ether oxygens (including phenoxy) is 2. The molecule has 0 radical (unpaired) electrons. The van der Waals surface area contributed by atoms with Gasteiger partial charge in [0.1, 0.15) is 12.4 Å². The topological polar surface area (TPSA) is 39.7 Å². The molecule has 0 heterocycles. The first-order chi connectivity index (χ1) is 14.7. The zero-order valence-electron chi connectivity index (χ0n) is 20.1. The lowest BCUT2D eigenvalue weighted by Crippen LogP contribution is -2.26. The fourth-order valence-electron chi connectivity index (χ4n) is 3.33. The van der Waals surface area contributed by atoms with Gasteiger partial charge in [-0.15, -0.1) is 0 Å². The third kappa shape index (κ3) is 14.0. The Bertz CT molecular complexity index is 492. The summed E-state index contributed by atoms with van der Waals surface area (Å²) in [7, 11) is 0. The van der Waals surface area contributed by atoms with E-state index in [9.17, 15) is 0 Å². The van der Waals surface area contributed by atoms with E-state index in [1.54, 1.807) is 0 Å². The molecule has 0 bridgehead atoms. The normalized spacial score (nSPS) is 13.3. The molecule has 4 nitrogen and oxygen atoms in total. The van der Waals surface area contributed by atoms with E-state index >= 15 is 0 Å². The Balaban J connectivity index is 2.12. The quantitative estimate of drug-likeness (QED) is 0.184. The first-order valence-electron chi connectivity index (χ1n) is 12.4. The number of unbranched alkanes of at least 4 members (excludes halogenated alkanes) is 6. The van der Waals surface area contributed by atoms with Crippen molar-refractivity contribution < 1.29 is 14.3 Å². The minimum atomic E-state index is 0.0680. The molecule has 30 heavy (non-hydrogen) atoms. The van der Waals surface area contributed by atoms with Gasteiger partial charge in [0.2, 0.25) is 0 Å². The molecule has 0 spiro atoms. The molecule has 0 aliphatic heterocycles. The molecular formula is C26H47NO3. The first kappa shape index (κ1) is 26.9. The molecule has 1 aromatic carbocycles. The average Bonchev–Trinajstić information content (AvgIpc) is 2.77. The Kier molecular flexibility index (Phi) is 16.7. The maximum absolute atomic E-state index is 5.90. The second-order valence-corrected chi connectivity index (χ2v) is 8.34. The first-order valence-corrected chi connectivity index (χ1v) is 12.4. The van der Waals surface area contributed by atoms with Crippen molar-refractivity contribution >= 4 is 0 Å². The van der Waals surface area contributed by atoms with Crippen molar-refractivity contribution in [2.24, 2.45) is 0 Å². The summed E-state index contributed by atoms with van der Waals surface area (Å²) in [5, 5.41) is 0. The van der Waals surface area contributed by atoms with Gasteiger partial charge >= 0.3 is 0 Å². The lowest BCUT2D eigenvalue weighted by Gasteiger charge is -2.18. The Hall–Kier alpha value is -1.10.